The molecular formula is C16H13N. The third-order valence-electron chi connectivity index (χ3n) is 3.04. The van der Waals surface area contributed by atoms with Crippen LogP contribution in [0, 0.1) is 0 Å². The molecule has 0 atom stereocenters. The summed E-state index contributed by atoms with van der Waals surface area (Å²) in [6.45, 7) is 0. The van der Waals surface area contributed by atoms with Gasteiger partial charge in [0, 0.05) is 11.1 Å². The molecule has 0 saturated heterocycles. The fourth-order valence-corrected chi connectivity index (χ4v) is 2.20. The van der Waals surface area contributed by atoms with E-state index < -0.39 is 0 Å². The molecule has 0 aliphatic rings. The van der Waals surface area contributed by atoms with E-state index in [0.29, 0.717) is 0 Å². The Morgan fingerprint density at radius 1 is 0.588 bits per heavy atom. The predicted molar refractivity (Wildman–Crippen MR) is 73.8 cm³/mol. The maximum Gasteiger partial charge on any atom is 0.0393 e. The molecule has 1 heteroatoms. The van der Waals surface area contributed by atoms with Crippen LogP contribution < -0.4 is 5.73 Å². The molecule has 0 heterocycles. The van der Waals surface area contributed by atoms with Crippen LogP contribution in [-0.2, 0) is 0 Å². The summed E-state index contributed by atoms with van der Waals surface area (Å²) in [7, 11) is 0. The van der Waals surface area contributed by atoms with Crippen molar-refractivity contribution in [1.82, 2.24) is 0 Å². The number of rotatable bonds is 1. The van der Waals surface area contributed by atoms with E-state index >= 15 is 0 Å². The second-order valence-electron chi connectivity index (χ2n) is 4.11. The molecule has 3 aromatic rings. The van der Waals surface area contributed by atoms with Gasteiger partial charge in [0.1, 0.15) is 0 Å². The normalized spacial score (nSPS) is 10.6. The number of hydrogen-bond acceptors (Lipinski definition) is 1. The zero-order valence-electron chi connectivity index (χ0n) is 9.43. The standard InChI is InChI=1S/C16H13N/c17-16-11-5-9-14-13(8-4-10-15(14)16)12-6-2-1-3-7-12/h1-11H,17H2. The van der Waals surface area contributed by atoms with E-state index in [-0.39, 0.29) is 0 Å². The maximum atomic E-state index is 6.00. The number of anilines is 1. The maximum absolute atomic E-state index is 6.00. The Morgan fingerprint density at radius 3 is 2.12 bits per heavy atom. The monoisotopic (exact) mass is 219 g/mol. The van der Waals surface area contributed by atoms with Crippen molar-refractivity contribution in [1.29, 1.82) is 0 Å². The van der Waals surface area contributed by atoms with Crippen molar-refractivity contribution in [3.8, 4) is 11.1 Å². The first-order valence-corrected chi connectivity index (χ1v) is 5.69. The molecule has 0 aliphatic heterocycles. The lowest BCUT2D eigenvalue weighted by Gasteiger charge is -2.08. The average molecular weight is 219 g/mol. The molecule has 3 rings (SSSR count). The van der Waals surface area contributed by atoms with Gasteiger partial charge < -0.3 is 5.73 Å². The van der Waals surface area contributed by atoms with Crippen molar-refractivity contribution in [2.75, 3.05) is 5.73 Å². The lowest BCUT2D eigenvalue weighted by Crippen LogP contribution is -1.87. The molecule has 82 valence electrons. The van der Waals surface area contributed by atoms with Gasteiger partial charge in [0.15, 0.2) is 0 Å². The van der Waals surface area contributed by atoms with Crippen LogP contribution in [0.15, 0.2) is 66.7 Å². The summed E-state index contributed by atoms with van der Waals surface area (Å²) in [5, 5.41) is 2.33. The van der Waals surface area contributed by atoms with Crippen molar-refractivity contribution in [3.05, 3.63) is 66.7 Å². The summed E-state index contributed by atoms with van der Waals surface area (Å²) in [4.78, 5) is 0. The smallest absolute Gasteiger partial charge is 0.0393 e. The van der Waals surface area contributed by atoms with E-state index in [1.165, 1.54) is 16.5 Å². The summed E-state index contributed by atoms with van der Waals surface area (Å²) in [5.41, 5.74) is 9.29. The molecule has 1 nitrogen and oxygen atoms in total. The molecule has 2 N–H and O–H groups in total. The molecule has 0 aromatic heterocycles. The van der Waals surface area contributed by atoms with Gasteiger partial charge in [-0.15, -0.1) is 0 Å². The highest BCUT2D eigenvalue weighted by Crippen LogP contribution is 2.30. The Morgan fingerprint density at radius 2 is 1.29 bits per heavy atom. The van der Waals surface area contributed by atoms with Gasteiger partial charge in [-0.2, -0.15) is 0 Å². The largest absolute Gasteiger partial charge is 0.398 e. The second kappa shape index (κ2) is 3.95. The molecule has 0 saturated carbocycles. The Balaban J connectivity index is 2.35. The average Bonchev–Trinajstić information content (AvgIpc) is 2.40. The lowest BCUT2D eigenvalue weighted by atomic mass is 9.98. The summed E-state index contributed by atoms with van der Waals surface area (Å²) in [6.07, 6.45) is 0. The summed E-state index contributed by atoms with van der Waals surface area (Å²) in [5.74, 6) is 0. The molecule has 0 unspecified atom stereocenters. The van der Waals surface area contributed by atoms with E-state index in [1.54, 1.807) is 0 Å². The van der Waals surface area contributed by atoms with Gasteiger partial charge in [-0.25, -0.2) is 0 Å². The Hall–Kier alpha value is -2.28. The van der Waals surface area contributed by atoms with Crippen molar-refractivity contribution in [2.45, 2.75) is 0 Å². The van der Waals surface area contributed by atoms with Crippen LogP contribution in [0.3, 0.4) is 0 Å². The summed E-state index contributed by atoms with van der Waals surface area (Å²) < 4.78 is 0. The van der Waals surface area contributed by atoms with Crippen molar-refractivity contribution in [2.24, 2.45) is 0 Å². The van der Waals surface area contributed by atoms with Crippen LogP contribution in [0.25, 0.3) is 21.9 Å². The van der Waals surface area contributed by atoms with Crippen LogP contribution in [0.4, 0.5) is 5.69 Å². The van der Waals surface area contributed by atoms with Crippen LogP contribution in [0.1, 0.15) is 0 Å². The first kappa shape index (κ1) is 9.91. The van der Waals surface area contributed by atoms with Gasteiger partial charge in [-0.3, -0.25) is 0 Å². The molecule has 0 fully saturated rings. The number of nitrogens with two attached hydrogens (primary N) is 1. The number of benzene rings is 3. The molecule has 0 amide bonds. The molecule has 0 radical (unpaired) electrons. The third-order valence-corrected chi connectivity index (χ3v) is 3.04. The van der Waals surface area contributed by atoms with Crippen LogP contribution >= 0.6 is 0 Å². The molecule has 0 bridgehead atoms. The van der Waals surface area contributed by atoms with E-state index in [4.69, 9.17) is 5.73 Å². The van der Waals surface area contributed by atoms with Gasteiger partial charge in [-0.05, 0) is 22.6 Å². The predicted octanol–water partition coefficient (Wildman–Crippen LogP) is 4.09. The van der Waals surface area contributed by atoms with E-state index in [9.17, 15) is 0 Å². The topological polar surface area (TPSA) is 26.0 Å². The van der Waals surface area contributed by atoms with Crippen molar-refractivity contribution >= 4 is 16.5 Å². The zero-order valence-corrected chi connectivity index (χ0v) is 9.43. The highest BCUT2D eigenvalue weighted by Gasteiger charge is 2.04. The minimum atomic E-state index is 0.834. The Kier molecular flexibility index (Phi) is 2.30. The van der Waals surface area contributed by atoms with E-state index in [0.717, 1.165) is 11.1 Å². The number of fused-ring (bicyclic) bond motifs is 1. The van der Waals surface area contributed by atoms with Crippen molar-refractivity contribution in [3.63, 3.8) is 0 Å². The van der Waals surface area contributed by atoms with Gasteiger partial charge >= 0.3 is 0 Å². The van der Waals surface area contributed by atoms with Gasteiger partial charge in [0.25, 0.3) is 0 Å². The van der Waals surface area contributed by atoms with Gasteiger partial charge in [0.05, 0.1) is 0 Å². The Bertz CT molecular complexity index is 657. The molecule has 17 heavy (non-hydrogen) atoms. The molecule has 3 aromatic carbocycles. The quantitative estimate of drug-likeness (QED) is 0.613. The minimum absolute atomic E-state index is 0.834. The molecule has 0 spiro atoms. The van der Waals surface area contributed by atoms with E-state index in [1.807, 2.05) is 18.2 Å². The molecule has 0 aliphatic carbocycles. The Labute approximate surface area is 101 Å². The fourth-order valence-electron chi connectivity index (χ4n) is 2.20. The number of nitrogen functional groups attached to an aromatic ring is 1. The van der Waals surface area contributed by atoms with Crippen LogP contribution in [-0.4, -0.2) is 0 Å². The lowest BCUT2D eigenvalue weighted by molar-refractivity contribution is 1.65. The second-order valence-corrected chi connectivity index (χ2v) is 4.11. The summed E-state index contributed by atoms with van der Waals surface area (Å²) in [6, 6.07) is 22.7. The zero-order chi connectivity index (χ0) is 11.7. The fraction of sp³-hybridized carbons (Fsp3) is 0. The van der Waals surface area contributed by atoms with Gasteiger partial charge in [-0.1, -0.05) is 60.7 Å². The van der Waals surface area contributed by atoms with Crippen LogP contribution in [0.2, 0.25) is 0 Å². The first-order chi connectivity index (χ1) is 8.36. The highest BCUT2D eigenvalue weighted by molar-refractivity contribution is 6.02. The first-order valence-electron chi connectivity index (χ1n) is 5.69. The minimum Gasteiger partial charge on any atom is -0.398 e. The summed E-state index contributed by atoms with van der Waals surface area (Å²) >= 11 is 0. The van der Waals surface area contributed by atoms with Gasteiger partial charge in [0.2, 0.25) is 0 Å². The van der Waals surface area contributed by atoms with E-state index in [2.05, 4.69) is 48.5 Å². The molecular weight excluding hydrogens is 206 g/mol. The number of hydrogen-bond donors (Lipinski definition) is 1. The SMILES string of the molecule is Nc1cccc2c(-c3ccccc3)cccc12. The van der Waals surface area contributed by atoms with Crippen LogP contribution in [0.5, 0.6) is 0 Å². The van der Waals surface area contributed by atoms with Crippen molar-refractivity contribution < 1.29 is 0 Å². The highest BCUT2D eigenvalue weighted by atomic mass is 14.5. The third kappa shape index (κ3) is 1.66.